The molecule has 0 unspecified atom stereocenters. The summed E-state index contributed by atoms with van der Waals surface area (Å²) in [6, 6.07) is 3.85. The average molecular weight is 320 g/mol. The van der Waals surface area contributed by atoms with Gasteiger partial charge in [-0.2, -0.15) is 0 Å². The van der Waals surface area contributed by atoms with Crippen molar-refractivity contribution in [1.29, 1.82) is 0 Å². The van der Waals surface area contributed by atoms with Crippen LogP contribution >= 0.6 is 31.9 Å². The number of rotatable bonds is 3. The molecule has 4 N–H and O–H groups in total. The minimum absolute atomic E-state index is 0.0271. The molecule has 0 saturated carbocycles. The second kappa shape index (κ2) is 4.96. The maximum Gasteiger partial charge on any atom is 0.0603 e. The topological polar surface area (TPSA) is 52.0 Å². The van der Waals surface area contributed by atoms with E-state index < -0.39 is 0 Å². The van der Waals surface area contributed by atoms with Crippen molar-refractivity contribution in [2.75, 3.05) is 5.73 Å². The minimum atomic E-state index is -0.0271. The second-order valence-electron chi connectivity index (χ2n) is 3.03. The van der Waals surface area contributed by atoms with Crippen LogP contribution in [0.2, 0.25) is 0 Å². The summed E-state index contributed by atoms with van der Waals surface area (Å²) < 4.78 is 1.72. The molecule has 1 atom stereocenters. The molecule has 1 aromatic rings. The standard InChI is InChI=1S/C10H12Br2N2/c1-2-3-9(13)6-4-7(11)10(14)8(12)5-6/h2,4-5,9H,1,3,13-14H2/t9-/m0/s1. The van der Waals surface area contributed by atoms with Gasteiger partial charge < -0.3 is 11.5 Å². The molecule has 0 amide bonds. The maximum absolute atomic E-state index is 5.94. The molecular formula is C10H12Br2N2. The number of hydrogen-bond donors (Lipinski definition) is 2. The SMILES string of the molecule is C=CC[C@H](N)c1cc(Br)c(N)c(Br)c1. The Morgan fingerprint density at radius 2 is 1.86 bits per heavy atom. The summed E-state index contributed by atoms with van der Waals surface area (Å²) in [5.74, 6) is 0. The van der Waals surface area contributed by atoms with Crippen LogP contribution in [0.25, 0.3) is 0 Å². The number of benzene rings is 1. The lowest BCUT2D eigenvalue weighted by Gasteiger charge is -2.12. The molecule has 0 aliphatic heterocycles. The normalized spacial score (nSPS) is 12.5. The molecule has 0 saturated heterocycles. The van der Waals surface area contributed by atoms with Gasteiger partial charge in [-0.15, -0.1) is 6.58 Å². The molecule has 4 heteroatoms. The third kappa shape index (κ3) is 2.59. The molecule has 0 aliphatic rings. The van der Waals surface area contributed by atoms with Gasteiger partial charge in [0.1, 0.15) is 0 Å². The summed E-state index contributed by atoms with van der Waals surface area (Å²) in [4.78, 5) is 0. The number of nitrogens with two attached hydrogens (primary N) is 2. The van der Waals surface area contributed by atoms with Crippen LogP contribution in [0.1, 0.15) is 18.0 Å². The first-order valence-electron chi connectivity index (χ1n) is 4.17. The lowest BCUT2D eigenvalue weighted by atomic mass is 10.0. The zero-order chi connectivity index (χ0) is 10.7. The fourth-order valence-electron chi connectivity index (χ4n) is 1.13. The number of hydrogen-bond acceptors (Lipinski definition) is 2. The summed E-state index contributed by atoms with van der Waals surface area (Å²) in [6.07, 6.45) is 2.56. The van der Waals surface area contributed by atoms with E-state index in [-0.39, 0.29) is 6.04 Å². The number of halogens is 2. The van der Waals surface area contributed by atoms with E-state index in [0.717, 1.165) is 20.9 Å². The highest BCUT2D eigenvalue weighted by Crippen LogP contribution is 2.31. The summed E-state index contributed by atoms with van der Waals surface area (Å²) in [5, 5.41) is 0. The van der Waals surface area contributed by atoms with Crippen molar-refractivity contribution in [2.24, 2.45) is 5.73 Å². The second-order valence-corrected chi connectivity index (χ2v) is 4.74. The summed E-state index contributed by atoms with van der Waals surface area (Å²) >= 11 is 6.76. The van der Waals surface area contributed by atoms with Gasteiger partial charge in [-0.1, -0.05) is 6.08 Å². The van der Waals surface area contributed by atoms with Gasteiger partial charge in [-0.3, -0.25) is 0 Å². The molecule has 76 valence electrons. The van der Waals surface area contributed by atoms with Gasteiger partial charge in [0, 0.05) is 15.0 Å². The molecule has 2 nitrogen and oxygen atoms in total. The molecule has 0 bridgehead atoms. The predicted molar refractivity (Wildman–Crippen MR) is 68.0 cm³/mol. The third-order valence-corrected chi connectivity index (χ3v) is 3.26. The quantitative estimate of drug-likeness (QED) is 0.663. The fraction of sp³-hybridized carbons (Fsp3) is 0.200. The summed E-state index contributed by atoms with van der Waals surface area (Å²) in [5.41, 5.74) is 13.4. The van der Waals surface area contributed by atoms with Gasteiger partial charge in [-0.05, 0) is 56.0 Å². The van der Waals surface area contributed by atoms with E-state index in [9.17, 15) is 0 Å². The fourth-order valence-corrected chi connectivity index (χ4v) is 2.36. The average Bonchev–Trinajstić information content (AvgIpc) is 2.13. The Morgan fingerprint density at radius 3 is 2.29 bits per heavy atom. The van der Waals surface area contributed by atoms with E-state index in [2.05, 4.69) is 38.4 Å². The van der Waals surface area contributed by atoms with Crippen LogP contribution < -0.4 is 11.5 Å². The molecule has 0 radical (unpaired) electrons. The highest BCUT2D eigenvalue weighted by atomic mass is 79.9. The van der Waals surface area contributed by atoms with E-state index in [1.54, 1.807) is 0 Å². The van der Waals surface area contributed by atoms with Crippen LogP contribution in [-0.4, -0.2) is 0 Å². The van der Waals surface area contributed by atoms with Gasteiger partial charge in [0.2, 0.25) is 0 Å². The van der Waals surface area contributed by atoms with E-state index in [1.165, 1.54) is 0 Å². The van der Waals surface area contributed by atoms with Gasteiger partial charge in [0.25, 0.3) is 0 Å². The third-order valence-electron chi connectivity index (χ3n) is 1.95. The number of anilines is 1. The van der Waals surface area contributed by atoms with Gasteiger partial charge in [-0.25, -0.2) is 0 Å². The highest BCUT2D eigenvalue weighted by Gasteiger charge is 2.09. The van der Waals surface area contributed by atoms with Crippen LogP contribution in [0, 0.1) is 0 Å². The van der Waals surface area contributed by atoms with E-state index in [0.29, 0.717) is 5.69 Å². The van der Waals surface area contributed by atoms with E-state index in [4.69, 9.17) is 11.5 Å². The lowest BCUT2D eigenvalue weighted by Crippen LogP contribution is -2.09. The van der Waals surface area contributed by atoms with Crippen molar-refractivity contribution in [1.82, 2.24) is 0 Å². The molecule has 0 spiro atoms. The monoisotopic (exact) mass is 318 g/mol. The zero-order valence-electron chi connectivity index (χ0n) is 7.63. The van der Waals surface area contributed by atoms with Crippen molar-refractivity contribution in [3.8, 4) is 0 Å². The van der Waals surface area contributed by atoms with Gasteiger partial charge in [0.15, 0.2) is 0 Å². The molecule has 14 heavy (non-hydrogen) atoms. The molecule has 0 aromatic heterocycles. The first-order valence-corrected chi connectivity index (χ1v) is 5.75. The van der Waals surface area contributed by atoms with E-state index >= 15 is 0 Å². The van der Waals surface area contributed by atoms with E-state index in [1.807, 2.05) is 18.2 Å². The van der Waals surface area contributed by atoms with Crippen LogP contribution in [-0.2, 0) is 0 Å². The van der Waals surface area contributed by atoms with Crippen LogP contribution in [0.15, 0.2) is 33.7 Å². The van der Waals surface area contributed by atoms with Crippen LogP contribution in [0.3, 0.4) is 0 Å². The van der Waals surface area contributed by atoms with Crippen molar-refractivity contribution in [2.45, 2.75) is 12.5 Å². The zero-order valence-corrected chi connectivity index (χ0v) is 10.8. The molecule has 1 rings (SSSR count). The molecule has 1 aromatic carbocycles. The maximum atomic E-state index is 5.94. The van der Waals surface area contributed by atoms with Gasteiger partial charge in [0.05, 0.1) is 5.69 Å². The number of nitrogen functional groups attached to an aromatic ring is 1. The summed E-state index contributed by atoms with van der Waals surface area (Å²) in [6.45, 7) is 3.66. The molecule has 0 aliphatic carbocycles. The minimum Gasteiger partial charge on any atom is -0.397 e. The molecule has 0 fully saturated rings. The lowest BCUT2D eigenvalue weighted by molar-refractivity contribution is 0.741. The predicted octanol–water partition coefficient (Wildman–Crippen LogP) is 3.37. The highest BCUT2D eigenvalue weighted by molar-refractivity contribution is 9.11. The smallest absolute Gasteiger partial charge is 0.0603 e. The van der Waals surface area contributed by atoms with Crippen molar-refractivity contribution < 1.29 is 0 Å². The Balaban J connectivity index is 3.05. The first kappa shape index (κ1) is 11.8. The van der Waals surface area contributed by atoms with Crippen molar-refractivity contribution >= 4 is 37.5 Å². The largest absolute Gasteiger partial charge is 0.397 e. The van der Waals surface area contributed by atoms with Crippen LogP contribution in [0.4, 0.5) is 5.69 Å². The van der Waals surface area contributed by atoms with Crippen molar-refractivity contribution in [3.05, 3.63) is 39.3 Å². The Labute approximate surface area is 101 Å². The summed E-state index contributed by atoms with van der Waals surface area (Å²) in [7, 11) is 0. The molecule has 0 heterocycles. The van der Waals surface area contributed by atoms with Crippen LogP contribution in [0.5, 0.6) is 0 Å². The Morgan fingerprint density at radius 1 is 1.36 bits per heavy atom. The first-order chi connectivity index (χ1) is 6.56. The Hall–Kier alpha value is -0.320. The van der Waals surface area contributed by atoms with Gasteiger partial charge >= 0.3 is 0 Å². The van der Waals surface area contributed by atoms with Crippen molar-refractivity contribution in [3.63, 3.8) is 0 Å². The Kier molecular flexibility index (Phi) is 4.16. The molecular weight excluding hydrogens is 308 g/mol. The Bertz CT molecular complexity index is 327.